The number of benzene rings is 1. The average Bonchev–Trinajstić information content (AvgIpc) is 3.12. The van der Waals surface area contributed by atoms with E-state index in [0.717, 1.165) is 30.9 Å². The minimum atomic E-state index is 0.997. The first-order chi connectivity index (χ1) is 12.7. The molecule has 2 aromatic heterocycles. The van der Waals surface area contributed by atoms with Crippen LogP contribution in [0.3, 0.4) is 0 Å². The summed E-state index contributed by atoms with van der Waals surface area (Å²) in [5.41, 5.74) is 3.44. The quantitative estimate of drug-likeness (QED) is 0.709. The van der Waals surface area contributed by atoms with Gasteiger partial charge in [0.15, 0.2) is 0 Å². The summed E-state index contributed by atoms with van der Waals surface area (Å²) in [6, 6.07) is 8.48. The third-order valence-electron chi connectivity index (χ3n) is 5.40. The van der Waals surface area contributed by atoms with Gasteiger partial charge in [0.1, 0.15) is 5.82 Å². The molecule has 0 unspecified atom stereocenters. The number of imidazole rings is 1. The van der Waals surface area contributed by atoms with E-state index in [0.29, 0.717) is 0 Å². The molecule has 5 heteroatoms. The second-order valence-electron chi connectivity index (χ2n) is 7.27. The number of hydrogen-bond acceptors (Lipinski definition) is 4. The van der Waals surface area contributed by atoms with E-state index in [2.05, 4.69) is 62.7 Å². The molecule has 4 rings (SSSR count). The smallest absolute Gasteiger partial charge is 0.140 e. The molecule has 1 aliphatic rings. The second-order valence-corrected chi connectivity index (χ2v) is 7.27. The summed E-state index contributed by atoms with van der Waals surface area (Å²) < 4.78 is 2.28. The van der Waals surface area contributed by atoms with Crippen molar-refractivity contribution in [3.05, 3.63) is 48.4 Å². The Balaban J connectivity index is 1.50. The van der Waals surface area contributed by atoms with E-state index in [-0.39, 0.29) is 0 Å². The van der Waals surface area contributed by atoms with E-state index in [1.165, 1.54) is 42.7 Å². The molecule has 0 spiro atoms. The van der Waals surface area contributed by atoms with Crippen molar-refractivity contribution in [2.75, 3.05) is 39.8 Å². The van der Waals surface area contributed by atoms with Gasteiger partial charge in [-0.3, -0.25) is 4.98 Å². The third-order valence-corrected chi connectivity index (χ3v) is 5.40. The minimum absolute atomic E-state index is 0.997. The molecular formula is C21H27N5. The zero-order valence-electron chi connectivity index (χ0n) is 15.7. The Morgan fingerprint density at radius 1 is 0.962 bits per heavy atom. The number of likely N-dealkylation sites (N-methyl/N-ethyl adjacent to an activating group) is 1. The van der Waals surface area contributed by atoms with Crippen molar-refractivity contribution in [1.29, 1.82) is 0 Å². The maximum absolute atomic E-state index is 4.66. The van der Waals surface area contributed by atoms with Crippen LogP contribution in [-0.2, 0) is 6.54 Å². The lowest BCUT2D eigenvalue weighted by molar-refractivity contribution is 0.151. The number of fused-ring (bicyclic) bond motifs is 1. The van der Waals surface area contributed by atoms with Crippen molar-refractivity contribution < 1.29 is 0 Å². The third kappa shape index (κ3) is 3.50. The fourth-order valence-electron chi connectivity index (χ4n) is 3.78. The van der Waals surface area contributed by atoms with Crippen LogP contribution in [0, 0.1) is 6.92 Å². The molecule has 0 N–H and O–H groups in total. The Kier molecular flexibility index (Phi) is 5.00. The number of hydrogen-bond donors (Lipinski definition) is 0. The maximum Gasteiger partial charge on any atom is 0.140 e. The molecule has 0 saturated carbocycles. The molecule has 3 aromatic rings. The summed E-state index contributed by atoms with van der Waals surface area (Å²) in [5, 5.41) is 1.18. The Morgan fingerprint density at radius 2 is 1.81 bits per heavy atom. The van der Waals surface area contributed by atoms with Gasteiger partial charge in [-0.2, -0.15) is 0 Å². The highest BCUT2D eigenvalue weighted by Crippen LogP contribution is 2.28. The highest BCUT2D eigenvalue weighted by atomic mass is 15.2. The van der Waals surface area contributed by atoms with Crippen molar-refractivity contribution in [3.63, 3.8) is 0 Å². The summed E-state index contributed by atoms with van der Waals surface area (Å²) in [4.78, 5) is 14.2. The van der Waals surface area contributed by atoms with E-state index in [1.54, 1.807) is 0 Å². The summed E-state index contributed by atoms with van der Waals surface area (Å²) in [6.45, 7) is 8.99. The monoisotopic (exact) mass is 349 g/mol. The molecule has 0 bridgehead atoms. The molecule has 0 radical (unpaired) electrons. The highest BCUT2D eigenvalue weighted by Gasteiger charge is 2.14. The largest absolute Gasteiger partial charge is 0.331 e. The Hall–Kier alpha value is -2.24. The molecule has 3 heterocycles. The van der Waals surface area contributed by atoms with Crippen LogP contribution in [-0.4, -0.2) is 64.1 Å². The molecule has 1 aliphatic heterocycles. The number of pyridine rings is 1. The molecule has 136 valence electrons. The molecule has 26 heavy (non-hydrogen) atoms. The Labute approximate surface area is 155 Å². The summed E-state index contributed by atoms with van der Waals surface area (Å²) in [6.07, 6.45) is 7.02. The number of rotatable bonds is 5. The van der Waals surface area contributed by atoms with E-state index in [4.69, 9.17) is 0 Å². The lowest BCUT2D eigenvalue weighted by Gasteiger charge is -2.32. The molecule has 1 aromatic carbocycles. The molecule has 5 nitrogen and oxygen atoms in total. The minimum Gasteiger partial charge on any atom is -0.331 e. The van der Waals surface area contributed by atoms with Gasteiger partial charge in [0.05, 0.1) is 5.52 Å². The molecular weight excluding hydrogens is 322 g/mol. The van der Waals surface area contributed by atoms with E-state index < -0.39 is 0 Å². The molecule has 0 amide bonds. The van der Waals surface area contributed by atoms with Crippen molar-refractivity contribution in [2.24, 2.45) is 0 Å². The van der Waals surface area contributed by atoms with Crippen LogP contribution in [0.5, 0.6) is 0 Å². The van der Waals surface area contributed by atoms with Crippen LogP contribution < -0.4 is 0 Å². The summed E-state index contributed by atoms with van der Waals surface area (Å²) >= 11 is 0. The number of piperazine rings is 1. The van der Waals surface area contributed by atoms with Gasteiger partial charge in [-0.25, -0.2) is 4.98 Å². The van der Waals surface area contributed by atoms with E-state index in [9.17, 15) is 0 Å². The van der Waals surface area contributed by atoms with Gasteiger partial charge in [-0.05, 0) is 38.6 Å². The van der Waals surface area contributed by atoms with Crippen molar-refractivity contribution >= 4 is 10.9 Å². The maximum atomic E-state index is 4.66. The lowest BCUT2D eigenvalue weighted by atomic mass is 10.0. The number of nitrogens with zero attached hydrogens (tertiary/aromatic N) is 5. The normalized spacial score (nSPS) is 16.4. The average molecular weight is 349 g/mol. The van der Waals surface area contributed by atoms with Crippen LogP contribution in [0.2, 0.25) is 0 Å². The topological polar surface area (TPSA) is 37.2 Å². The van der Waals surface area contributed by atoms with Crippen molar-refractivity contribution in [3.8, 4) is 11.4 Å². The summed E-state index contributed by atoms with van der Waals surface area (Å²) in [7, 11) is 2.20. The fourth-order valence-corrected chi connectivity index (χ4v) is 3.78. The van der Waals surface area contributed by atoms with Gasteiger partial charge in [-0.1, -0.05) is 18.2 Å². The first kappa shape index (κ1) is 17.2. The summed E-state index contributed by atoms with van der Waals surface area (Å²) in [5.74, 6) is 1.04. The van der Waals surface area contributed by atoms with E-state index >= 15 is 0 Å². The van der Waals surface area contributed by atoms with Crippen LogP contribution >= 0.6 is 0 Å². The van der Waals surface area contributed by atoms with Crippen LogP contribution in [0.4, 0.5) is 0 Å². The van der Waals surface area contributed by atoms with Crippen molar-refractivity contribution in [2.45, 2.75) is 19.9 Å². The van der Waals surface area contributed by atoms with Crippen LogP contribution in [0.1, 0.15) is 12.0 Å². The molecule has 1 saturated heterocycles. The first-order valence-corrected chi connectivity index (χ1v) is 9.49. The SMILES string of the molecule is Cc1ccc(-c2nccn2CCCN2CCN(C)CC2)c2cccnc12. The predicted molar refractivity (Wildman–Crippen MR) is 106 cm³/mol. The lowest BCUT2D eigenvalue weighted by Crippen LogP contribution is -2.44. The molecule has 1 fully saturated rings. The second kappa shape index (κ2) is 7.56. The Morgan fingerprint density at radius 3 is 2.65 bits per heavy atom. The van der Waals surface area contributed by atoms with Gasteiger partial charge >= 0.3 is 0 Å². The van der Waals surface area contributed by atoms with Gasteiger partial charge in [0.2, 0.25) is 0 Å². The standard InChI is InChI=1S/C21H27N5/c1-17-6-7-19(18-5-3-8-22-20(17)18)21-23-9-12-26(21)11-4-10-25-15-13-24(2)14-16-25/h3,5-9,12H,4,10-11,13-16H2,1-2H3. The van der Waals surface area contributed by atoms with Crippen LogP contribution in [0.15, 0.2) is 42.9 Å². The number of aromatic nitrogens is 3. The predicted octanol–water partition coefficient (Wildman–Crippen LogP) is 3.04. The molecule has 0 aliphatic carbocycles. The first-order valence-electron chi connectivity index (χ1n) is 9.49. The van der Waals surface area contributed by atoms with Gasteiger partial charge < -0.3 is 14.4 Å². The van der Waals surface area contributed by atoms with Gasteiger partial charge in [0, 0.05) is 62.3 Å². The number of aryl methyl sites for hydroxylation is 2. The van der Waals surface area contributed by atoms with Crippen LogP contribution in [0.25, 0.3) is 22.3 Å². The highest BCUT2D eigenvalue weighted by molar-refractivity contribution is 5.94. The molecule has 0 atom stereocenters. The Bertz CT molecular complexity index is 877. The zero-order chi connectivity index (χ0) is 17.9. The van der Waals surface area contributed by atoms with Crippen molar-refractivity contribution in [1.82, 2.24) is 24.3 Å². The fraction of sp³-hybridized carbons (Fsp3) is 0.429. The van der Waals surface area contributed by atoms with Gasteiger partial charge in [0.25, 0.3) is 0 Å². The van der Waals surface area contributed by atoms with E-state index in [1.807, 2.05) is 18.5 Å². The zero-order valence-corrected chi connectivity index (χ0v) is 15.7. The van der Waals surface area contributed by atoms with Gasteiger partial charge in [-0.15, -0.1) is 0 Å².